The Balaban J connectivity index is 1.82. The second-order valence-electron chi connectivity index (χ2n) is 4.17. The number of thioether (sulfide) groups is 1. The van der Waals surface area contributed by atoms with Gasteiger partial charge in [-0.05, 0) is 19.4 Å². The molecule has 0 bridgehead atoms. The van der Waals surface area contributed by atoms with Crippen LogP contribution in [0, 0.1) is 6.92 Å². The highest BCUT2D eigenvalue weighted by Gasteiger charge is 2.15. The summed E-state index contributed by atoms with van der Waals surface area (Å²) in [6, 6.07) is 8.14. The Morgan fingerprint density at radius 2 is 2.16 bits per heavy atom. The van der Waals surface area contributed by atoms with Gasteiger partial charge < -0.3 is 5.32 Å². The Bertz CT molecular complexity index is 525. The highest BCUT2D eigenvalue weighted by atomic mass is 32.2. The average molecular weight is 293 g/mol. The van der Waals surface area contributed by atoms with E-state index >= 15 is 0 Å². The summed E-state index contributed by atoms with van der Waals surface area (Å²) in [5.41, 5.74) is 3.99. The van der Waals surface area contributed by atoms with Gasteiger partial charge in [0.15, 0.2) is 4.34 Å². The highest BCUT2D eigenvalue weighted by molar-refractivity contribution is 8.02. The zero-order chi connectivity index (χ0) is 13.7. The molecule has 0 saturated carbocycles. The molecule has 1 N–H and O–H groups in total. The summed E-state index contributed by atoms with van der Waals surface area (Å²) in [6.45, 7) is 4.47. The van der Waals surface area contributed by atoms with Crippen molar-refractivity contribution in [2.75, 3.05) is 0 Å². The van der Waals surface area contributed by atoms with Gasteiger partial charge in [-0.1, -0.05) is 52.9 Å². The molecular formula is C13H15N3OS2. The molecule has 0 aliphatic rings. The fourth-order valence-corrected chi connectivity index (χ4v) is 3.11. The summed E-state index contributed by atoms with van der Waals surface area (Å²) >= 11 is 2.87. The molecule has 2 rings (SSSR count). The van der Waals surface area contributed by atoms with E-state index in [4.69, 9.17) is 0 Å². The molecule has 6 heteroatoms. The number of nitrogens with one attached hydrogen (secondary N) is 1. The van der Waals surface area contributed by atoms with Crippen molar-refractivity contribution in [1.82, 2.24) is 15.5 Å². The normalized spacial score (nSPS) is 12.1. The minimum Gasteiger partial charge on any atom is -0.351 e. The zero-order valence-corrected chi connectivity index (χ0v) is 12.4. The van der Waals surface area contributed by atoms with Crippen LogP contribution in [0.1, 0.15) is 18.1 Å². The molecule has 0 aliphatic heterocycles. The minimum atomic E-state index is -0.168. The van der Waals surface area contributed by atoms with Gasteiger partial charge in [0.2, 0.25) is 5.91 Å². The molecule has 1 amide bonds. The topological polar surface area (TPSA) is 54.9 Å². The third-order valence-corrected chi connectivity index (χ3v) is 4.49. The van der Waals surface area contributed by atoms with Gasteiger partial charge in [0.25, 0.3) is 0 Å². The van der Waals surface area contributed by atoms with Crippen molar-refractivity contribution in [3.05, 3.63) is 40.9 Å². The van der Waals surface area contributed by atoms with E-state index in [2.05, 4.69) is 15.5 Å². The molecule has 0 spiro atoms. The first-order valence-electron chi connectivity index (χ1n) is 5.91. The molecule has 0 saturated heterocycles. The van der Waals surface area contributed by atoms with Crippen LogP contribution in [0.25, 0.3) is 0 Å². The molecule has 2 aromatic rings. The maximum absolute atomic E-state index is 11.9. The van der Waals surface area contributed by atoms with Crippen molar-refractivity contribution >= 4 is 29.0 Å². The Labute approximate surface area is 120 Å². The molecule has 1 atom stereocenters. The standard InChI is InChI=1S/C13H15N3OS2/c1-9-3-5-11(6-4-9)7-14-12(17)10(2)19-13-16-15-8-18-13/h3-6,8,10H,7H2,1-2H3,(H,14,17)/t10-/m1/s1. The second kappa shape index (κ2) is 6.68. The Hall–Kier alpha value is -1.40. The number of carbonyl (C=O) groups excluding carboxylic acids is 1. The number of benzene rings is 1. The Morgan fingerprint density at radius 3 is 2.79 bits per heavy atom. The van der Waals surface area contributed by atoms with Crippen LogP contribution >= 0.6 is 23.1 Å². The van der Waals surface area contributed by atoms with Gasteiger partial charge >= 0.3 is 0 Å². The van der Waals surface area contributed by atoms with Gasteiger partial charge in [0.05, 0.1) is 5.25 Å². The molecule has 1 aromatic carbocycles. The van der Waals surface area contributed by atoms with Gasteiger partial charge in [-0.2, -0.15) is 0 Å². The first-order chi connectivity index (χ1) is 9.15. The van der Waals surface area contributed by atoms with Crippen molar-refractivity contribution in [2.45, 2.75) is 30.0 Å². The van der Waals surface area contributed by atoms with Crippen LogP contribution in [-0.4, -0.2) is 21.4 Å². The van der Waals surface area contributed by atoms with E-state index in [1.807, 2.05) is 38.1 Å². The summed E-state index contributed by atoms with van der Waals surface area (Å²) in [4.78, 5) is 11.9. The van der Waals surface area contributed by atoms with Crippen LogP contribution in [0.5, 0.6) is 0 Å². The highest BCUT2D eigenvalue weighted by Crippen LogP contribution is 2.24. The van der Waals surface area contributed by atoms with Crippen molar-refractivity contribution in [1.29, 1.82) is 0 Å². The molecular weight excluding hydrogens is 278 g/mol. The lowest BCUT2D eigenvalue weighted by Crippen LogP contribution is -2.30. The molecule has 100 valence electrons. The number of amides is 1. The second-order valence-corrected chi connectivity index (χ2v) is 6.59. The van der Waals surface area contributed by atoms with E-state index < -0.39 is 0 Å². The monoisotopic (exact) mass is 293 g/mol. The summed E-state index contributed by atoms with van der Waals surface area (Å²) in [7, 11) is 0. The van der Waals surface area contributed by atoms with Crippen LogP contribution in [0.2, 0.25) is 0 Å². The SMILES string of the molecule is Cc1ccc(CNC(=O)[C@@H](C)Sc2nncs2)cc1. The molecule has 4 nitrogen and oxygen atoms in total. The van der Waals surface area contributed by atoms with E-state index in [0.29, 0.717) is 6.54 Å². The van der Waals surface area contributed by atoms with E-state index in [9.17, 15) is 4.79 Å². The molecule has 1 aromatic heterocycles. The number of nitrogens with zero attached hydrogens (tertiary/aromatic N) is 2. The lowest BCUT2D eigenvalue weighted by atomic mass is 10.1. The minimum absolute atomic E-state index is 0.0146. The number of rotatable bonds is 5. The third-order valence-electron chi connectivity index (χ3n) is 2.57. The van der Waals surface area contributed by atoms with Gasteiger partial charge in [-0.25, -0.2) is 0 Å². The van der Waals surface area contributed by atoms with Gasteiger partial charge in [-0.3, -0.25) is 4.79 Å². The first-order valence-corrected chi connectivity index (χ1v) is 7.67. The van der Waals surface area contributed by atoms with Crippen LogP contribution in [0.15, 0.2) is 34.1 Å². The maximum Gasteiger partial charge on any atom is 0.233 e. The summed E-state index contributed by atoms with van der Waals surface area (Å²) in [6.07, 6.45) is 0. The van der Waals surface area contributed by atoms with Gasteiger partial charge in [0.1, 0.15) is 5.51 Å². The number of aryl methyl sites for hydroxylation is 1. The van der Waals surface area contributed by atoms with Crippen LogP contribution < -0.4 is 5.32 Å². The van der Waals surface area contributed by atoms with Crippen LogP contribution in [-0.2, 0) is 11.3 Å². The van der Waals surface area contributed by atoms with Gasteiger partial charge in [-0.15, -0.1) is 10.2 Å². The van der Waals surface area contributed by atoms with Crippen LogP contribution in [0.3, 0.4) is 0 Å². The number of aromatic nitrogens is 2. The van der Waals surface area contributed by atoms with Crippen molar-refractivity contribution in [2.24, 2.45) is 0 Å². The van der Waals surface area contributed by atoms with Crippen LogP contribution in [0.4, 0.5) is 0 Å². The van der Waals surface area contributed by atoms with Crippen molar-refractivity contribution in [3.63, 3.8) is 0 Å². The summed E-state index contributed by atoms with van der Waals surface area (Å²) in [5, 5.41) is 10.4. The zero-order valence-electron chi connectivity index (χ0n) is 10.8. The molecule has 19 heavy (non-hydrogen) atoms. The van der Waals surface area contributed by atoms with Crippen molar-refractivity contribution < 1.29 is 4.79 Å². The Morgan fingerprint density at radius 1 is 1.42 bits per heavy atom. The molecule has 0 radical (unpaired) electrons. The quantitative estimate of drug-likeness (QED) is 0.861. The molecule has 0 aliphatic carbocycles. The summed E-state index contributed by atoms with van der Waals surface area (Å²) < 4.78 is 0.818. The smallest absolute Gasteiger partial charge is 0.233 e. The number of hydrogen-bond acceptors (Lipinski definition) is 5. The summed E-state index contributed by atoms with van der Waals surface area (Å²) in [5.74, 6) is 0.0146. The fourth-order valence-electron chi connectivity index (χ4n) is 1.46. The Kier molecular flexibility index (Phi) is 4.93. The average Bonchev–Trinajstić information content (AvgIpc) is 2.90. The van der Waals surface area contributed by atoms with Crippen molar-refractivity contribution in [3.8, 4) is 0 Å². The largest absolute Gasteiger partial charge is 0.351 e. The van der Waals surface area contributed by atoms with E-state index in [1.165, 1.54) is 28.7 Å². The predicted molar refractivity (Wildman–Crippen MR) is 78.3 cm³/mol. The molecule has 0 fully saturated rings. The predicted octanol–water partition coefficient (Wildman–Crippen LogP) is 2.64. The number of hydrogen-bond donors (Lipinski definition) is 1. The van der Waals surface area contributed by atoms with E-state index in [-0.39, 0.29) is 11.2 Å². The van der Waals surface area contributed by atoms with Gasteiger partial charge in [0, 0.05) is 6.54 Å². The molecule has 0 unspecified atom stereocenters. The number of carbonyl (C=O) groups is 1. The lowest BCUT2D eigenvalue weighted by Gasteiger charge is -2.10. The van der Waals surface area contributed by atoms with E-state index in [1.54, 1.807) is 5.51 Å². The fraction of sp³-hybridized carbons (Fsp3) is 0.308. The maximum atomic E-state index is 11.9. The van der Waals surface area contributed by atoms with E-state index in [0.717, 1.165) is 9.90 Å². The lowest BCUT2D eigenvalue weighted by molar-refractivity contribution is -0.120. The first kappa shape index (κ1) is 14.0. The third kappa shape index (κ3) is 4.33. The molecule has 1 heterocycles.